The monoisotopic (exact) mass is 298 g/mol. The summed E-state index contributed by atoms with van der Waals surface area (Å²) < 4.78 is 4.79. The minimum absolute atomic E-state index is 0.348. The summed E-state index contributed by atoms with van der Waals surface area (Å²) in [4.78, 5) is 22.8. The highest BCUT2D eigenvalue weighted by Crippen LogP contribution is 2.11. The molecule has 0 N–H and O–H groups in total. The number of esters is 2. The Hall–Kier alpha value is -0.860. The SMILES string of the molecule is CCCCCCCCCCCC(=O)OC(=O)CCCCC. The molecule has 0 aliphatic heterocycles. The zero-order chi connectivity index (χ0) is 15.8. The number of carbonyl (C=O) groups excluding carboxylic acids is 2. The lowest BCUT2D eigenvalue weighted by molar-refractivity contribution is -0.159. The summed E-state index contributed by atoms with van der Waals surface area (Å²) in [6, 6.07) is 0. The van der Waals surface area contributed by atoms with Crippen molar-refractivity contribution in [2.24, 2.45) is 0 Å². The number of hydrogen-bond donors (Lipinski definition) is 0. The molecule has 0 fully saturated rings. The van der Waals surface area contributed by atoms with Gasteiger partial charge in [0.15, 0.2) is 0 Å². The molecule has 3 nitrogen and oxygen atoms in total. The summed E-state index contributed by atoms with van der Waals surface area (Å²) in [6.07, 6.45) is 14.6. The van der Waals surface area contributed by atoms with Crippen molar-refractivity contribution in [2.75, 3.05) is 0 Å². The molecule has 3 heteroatoms. The van der Waals surface area contributed by atoms with Gasteiger partial charge in [0.1, 0.15) is 0 Å². The van der Waals surface area contributed by atoms with Gasteiger partial charge in [-0.3, -0.25) is 9.59 Å². The van der Waals surface area contributed by atoms with Crippen molar-refractivity contribution in [1.82, 2.24) is 0 Å². The molecule has 21 heavy (non-hydrogen) atoms. The van der Waals surface area contributed by atoms with Crippen molar-refractivity contribution in [3.63, 3.8) is 0 Å². The molecule has 124 valence electrons. The molecule has 0 unspecified atom stereocenters. The van der Waals surface area contributed by atoms with Crippen molar-refractivity contribution in [1.29, 1.82) is 0 Å². The van der Waals surface area contributed by atoms with Crippen LogP contribution in [0.15, 0.2) is 0 Å². The molecule has 0 saturated heterocycles. The topological polar surface area (TPSA) is 43.4 Å². The van der Waals surface area contributed by atoms with E-state index < -0.39 is 0 Å². The van der Waals surface area contributed by atoms with Crippen LogP contribution in [0.2, 0.25) is 0 Å². The molecule has 0 spiro atoms. The predicted molar refractivity (Wildman–Crippen MR) is 87.1 cm³/mol. The van der Waals surface area contributed by atoms with Crippen molar-refractivity contribution in [2.45, 2.75) is 104 Å². The van der Waals surface area contributed by atoms with E-state index in [4.69, 9.17) is 4.74 Å². The van der Waals surface area contributed by atoms with Gasteiger partial charge in [0.2, 0.25) is 0 Å². The van der Waals surface area contributed by atoms with Crippen LogP contribution in [-0.4, -0.2) is 11.9 Å². The quantitative estimate of drug-likeness (QED) is 0.239. The van der Waals surface area contributed by atoms with Gasteiger partial charge in [-0.05, 0) is 12.8 Å². The van der Waals surface area contributed by atoms with Gasteiger partial charge in [-0.15, -0.1) is 0 Å². The summed E-state index contributed by atoms with van der Waals surface area (Å²) in [7, 11) is 0. The number of rotatable bonds is 14. The second kappa shape index (κ2) is 15.5. The summed E-state index contributed by atoms with van der Waals surface area (Å²) in [5, 5.41) is 0. The van der Waals surface area contributed by atoms with E-state index in [1.165, 1.54) is 44.9 Å². The number of carbonyl (C=O) groups is 2. The number of unbranched alkanes of at least 4 members (excludes halogenated alkanes) is 10. The van der Waals surface area contributed by atoms with Crippen molar-refractivity contribution in [3.8, 4) is 0 Å². The van der Waals surface area contributed by atoms with Crippen LogP contribution >= 0.6 is 0 Å². The second-order valence-corrected chi connectivity index (χ2v) is 5.88. The Kier molecular flexibility index (Phi) is 14.9. The van der Waals surface area contributed by atoms with Gasteiger partial charge in [0, 0.05) is 12.8 Å². The summed E-state index contributed by atoms with van der Waals surface area (Å²) in [5.41, 5.74) is 0. The molecule has 0 atom stereocenters. The highest BCUT2D eigenvalue weighted by atomic mass is 16.6. The Labute approximate surface area is 130 Å². The fourth-order valence-corrected chi connectivity index (χ4v) is 2.33. The van der Waals surface area contributed by atoms with Gasteiger partial charge in [-0.2, -0.15) is 0 Å². The maximum absolute atomic E-state index is 11.5. The lowest BCUT2D eigenvalue weighted by atomic mass is 10.1. The van der Waals surface area contributed by atoms with E-state index in [1.807, 2.05) is 0 Å². The summed E-state index contributed by atoms with van der Waals surface area (Å²) >= 11 is 0. The van der Waals surface area contributed by atoms with Crippen LogP contribution in [0.4, 0.5) is 0 Å². The zero-order valence-corrected chi connectivity index (χ0v) is 14.1. The van der Waals surface area contributed by atoms with E-state index in [9.17, 15) is 9.59 Å². The largest absolute Gasteiger partial charge is 0.393 e. The van der Waals surface area contributed by atoms with Crippen LogP contribution in [-0.2, 0) is 14.3 Å². The van der Waals surface area contributed by atoms with Crippen LogP contribution in [0.5, 0.6) is 0 Å². The fraction of sp³-hybridized carbons (Fsp3) is 0.889. The molecule has 0 heterocycles. The van der Waals surface area contributed by atoms with E-state index in [0.717, 1.165) is 32.1 Å². The predicted octanol–water partition coefficient (Wildman–Crippen LogP) is 5.56. The first-order valence-electron chi connectivity index (χ1n) is 8.94. The van der Waals surface area contributed by atoms with E-state index in [2.05, 4.69) is 13.8 Å². The van der Waals surface area contributed by atoms with Crippen LogP contribution in [0.25, 0.3) is 0 Å². The average Bonchev–Trinajstić information content (AvgIpc) is 2.45. The lowest BCUT2D eigenvalue weighted by Crippen LogP contribution is -2.11. The van der Waals surface area contributed by atoms with Gasteiger partial charge in [0.05, 0.1) is 0 Å². The highest BCUT2D eigenvalue weighted by molar-refractivity contribution is 5.85. The van der Waals surface area contributed by atoms with Gasteiger partial charge >= 0.3 is 11.9 Å². The standard InChI is InChI=1S/C18H34O3/c1-3-5-7-8-9-10-11-12-14-16-18(20)21-17(19)15-13-6-4-2/h3-16H2,1-2H3. The molecular formula is C18H34O3. The third kappa shape index (κ3) is 15.3. The summed E-state index contributed by atoms with van der Waals surface area (Å²) in [5.74, 6) is -0.705. The van der Waals surface area contributed by atoms with Crippen LogP contribution < -0.4 is 0 Å². The first-order chi connectivity index (χ1) is 10.2. The van der Waals surface area contributed by atoms with E-state index in [0.29, 0.717) is 12.8 Å². The minimum Gasteiger partial charge on any atom is -0.393 e. The molecule has 0 saturated carbocycles. The smallest absolute Gasteiger partial charge is 0.313 e. The zero-order valence-electron chi connectivity index (χ0n) is 14.1. The van der Waals surface area contributed by atoms with Gasteiger partial charge in [0.25, 0.3) is 0 Å². The Morgan fingerprint density at radius 3 is 1.38 bits per heavy atom. The van der Waals surface area contributed by atoms with Crippen LogP contribution in [0.3, 0.4) is 0 Å². The van der Waals surface area contributed by atoms with Crippen molar-refractivity contribution in [3.05, 3.63) is 0 Å². The van der Waals surface area contributed by atoms with Crippen LogP contribution in [0.1, 0.15) is 104 Å². The molecule has 0 amide bonds. The molecule has 0 radical (unpaired) electrons. The molecule has 0 bridgehead atoms. The maximum Gasteiger partial charge on any atom is 0.313 e. The normalized spacial score (nSPS) is 10.6. The van der Waals surface area contributed by atoms with Crippen molar-refractivity contribution < 1.29 is 14.3 Å². The second-order valence-electron chi connectivity index (χ2n) is 5.88. The molecule has 0 aromatic heterocycles. The first-order valence-corrected chi connectivity index (χ1v) is 8.94. The molecule has 0 aliphatic rings. The average molecular weight is 298 g/mol. The van der Waals surface area contributed by atoms with Crippen molar-refractivity contribution >= 4 is 11.9 Å². The molecule has 0 aliphatic carbocycles. The number of ether oxygens (including phenoxy) is 1. The molecule has 0 aromatic carbocycles. The van der Waals surface area contributed by atoms with Crippen LogP contribution in [0, 0.1) is 0 Å². The molecule has 0 aromatic rings. The van der Waals surface area contributed by atoms with E-state index in [1.54, 1.807) is 0 Å². The third-order valence-electron chi connectivity index (χ3n) is 3.70. The summed E-state index contributed by atoms with van der Waals surface area (Å²) in [6.45, 7) is 4.31. The maximum atomic E-state index is 11.5. The Balaban J connectivity index is 3.31. The lowest BCUT2D eigenvalue weighted by Gasteiger charge is -2.03. The fourth-order valence-electron chi connectivity index (χ4n) is 2.33. The van der Waals surface area contributed by atoms with Gasteiger partial charge in [-0.25, -0.2) is 0 Å². The van der Waals surface area contributed by atoms with Gasteiger partial charge < -0.3 is 4.74 Å². The number of hydrogen-bond acceptors (Lipinski definition) is 3. The first kappa shape index (κ1) is 20.1. The molecular weight excluding hydrogens is 264 g/mol. The Bertz CT molecular complexity index is 261. The third-order valence-corrected chi connectivity index (χ3v) is 3.70. The van der Waals surface area contributed by atoms with Gasteiger partial charge in [-0.1, -0.05) is 78.1 Å². The van der Waals surface area contributed by atoms with E-state index >= 15 is 0 Å². The Morgan fingerprint density at radius 1 is 0.571 bits per heavy atom. The minimum atomic E-state index is -0.357. The van der Waals surface area contributed by atoms with E-state index in [-0.39, 0.29) is 11.9 Å². The highest BCUT2D eigenvalue weighted by Gasteiger charge is 2.09. The Morgan fingerprint density at radius 2 is 0.905 bits per heavy atom. The molecule has 0 rings (SSSR count).